The van der Waals surface area contributed by atoms with Gasteiger partial charge in [0.25, 0.3) is 5.91 Å². The molecule has 0 spiro atoms. The molecule has 0 bridgehead atoms. The predicted molar refractivity (Wildman–Crippen MR) is 75.6 cm³/mol. The molecule has 1 fully saturated rings. The molecule has 0 aliphatic heterocycles. The number of halogens is 1. The van der Waals surface area contributed by atoms with Crippen molar-refractivity contribution in [1.29, 1.82) is 0 Å². The number of carbonyl (C=O) groups is 2. The van der Waals surface area contributed by atoms with Crippen LogP contribution in [0.5, 0.6) is 0 Å². The number of hydrogen-bond acceptors (Lipinski definition) is 4. The molecular weight excluding hydrogens is 313 g/mol. The molecule has 2 rings (SSSR count). The van der Waals surface area contributed by atoms with Crippen LogP contribution >= 0.6 is 0 Å². The second-order valence-electron chi connectivity index (χ2n) is 5.29. The molecule has 1 aliphatic rings. The van der Waals surface area contributed by atoms with Gasteiger partial charge in [-0.3, -0.25) is 9.59 Å². The summed E-state index contributed by atoms with van der Waals surface area (Å²) in [6, 6.07) is 2.63. The summed E-state index contributed by atoms with van der Waals surface area (Å²) in [7, 11) is -4.07. The minimum atomic E-state index is -4.07. The lowest BCUT2D eigenvalue weighted by atomic mass is 9.96. The first kappa shape index (κ1) is 16.4. The average Bonchev–Trinajstić information content (AvgIpc) is 2.87. The van der Waals surface area contributed by atoms with E-state index in [0.717, 1.165) is 18.2 Å². The first-order valence-electron chi connectivity index (χ1n) is 6.60. The Morgan fingerprint density at radius 3 is 2.32 bits per heavy atom. The van der Waals surface area contributed by atoms with Gasteiger partial charge in [-0.1, -0.05) is 12.8 Å². The van der Waals surface area contributed by atoms with Crippen molar-refractivity contribution in [2.75, 3.05) is 0 Å². The van der Waals surface area contributed by atoms with Crippen molar-refractivity contribution in [3.63, 3.8) is 0 Å². The molecule has 2 amide bonds. The van der Waals surface area contributed by atoms with E-state index in [2.05, 4.69) is 5.32 Å². The van der Waals surface area contributed by atoms with Gasteiger partial charge >= 0.3 is 0 Å². The molecule has 1 aromatic carbocycles. The molecule has 120 valence electrons. The van der Waals surface area contributed by atoms with Gasteiger partial charge in [0, 0.05) is 0 Å². The monoisotopic (exact) mass is 329 g/mol. The van der Waals surface area contributed by atoms with Gasteiger partial charge in [-0.15, -0.1) is 0 Å². The first-order chi connectivity index (χ1) is 10.2. The summed E-state index contributed by atoms with van der Waals surface area (Å²) < 4.78 is 36.4. The topological polar surface area (TPSA) is 132 Å². The quantitative estimate of drug-likeness (QED) is 0.717. The summed E-state index contributed by atoms with van der Waals surface area (Å²) in [5.41, 5.74) is 3.61. The molecule has 0 aromatic heterocycles. The fraction of sp³-hybridized carbons (Fsp3) is 0.385. The summed E-state index contributed by atoms with van der Waals surface area (Å²) in [6.07, 6.45) is 2.15. The molecule has 7 nitrogen and oxygen atoms in total. The van der Waals surface area contributed by atoms with Crippen molar-refractivity contribution in [1.82, 2.24) is 5.32 Å². The lowest BCUT2D eigenvalue weighted by Gasteiger charge is -2.26. The second-order valence-corrected chi connectivity index (χ2v) is 6.86. The molecule has 0 radical (unpaired) electrons. The van der Waals surface area contributed by atoms with Gasteiger partial charge in [0.1, 0.15) is 11.4 Å². The van der Waals surface area contributed by atoms with Crippen molar-refractivity contribution in [2.45, 2.75) is 36.1 Å². The third-order valence-electron chi connectivity index (χ3n) is 3.79. The molecule has 0 heterocycles. The van der Waals surface area contributed by atoms with E-state index >= 15 is 0 Å². The molecule has 1 saturated carbocycles. The SMILES string of the molecule is NC(=O)C1(NC(=O)c2cc(S(N)(=O)=O)ccc2F)CCCC1. The van der Waals surface area contributed by atoms with Crippen molar-refractivity contribution in [3.8, 4) is 0 Å². The molecule has 5 N–H and O–H groups in total. The van der Waals surface area contributed by atoms with Crippen molar-refractivity contribution in [2.24, 2.45) is 10.9 Å². The zero-order valence-corrected chi connectivity index (χ0v) is 12.5. The van der Waals surface area contributed by atoms with Crippen LogP contribution in [0.3, 0.4) is 0 Å². The zero-order valence-electron chi connectivity index (χ0n) is 11.6. The summed E-state index contributed by atoms with van der Waals surface area (Å²) in [4.78, 5) is 23.4. The van der Waals surface area contributed by atoms with Gasteiger partial charge in [0.15, 0.2) is 0 Å². The molecular formula is C13H16FN3O4S. The third-order valence-corrected chi connectivity index (χ3v) is 4.70. The molecule has 22 heavy (non-hydrogen) atoms. The van der Waals surface area contributed by atoms with Gasteiger partial charge in [-0.2, -0.15) is 0 Å². The summed E-state index contributed by atoms with van der Waals surface area (Å²) >= 11 is 0. The maximum atomic E-state index is 13.8. The lowest BCUT2D eigenvalue weighted by Crippen LogP contribution is -2.55. The summed E-state index contributed by atoms with van der Waals surface area (Å²) in [5, 5.41) is 7.40. The van der Waals surface area contributed by atoms with Gasteiger partial charge < -0.3 is 11.1 Å². The van der Waals surface area contributed by atoms with Crippen molar-refractivity contribution >= 4 is 21.8 Å². The van der Waals surface area contributed by atoms with E-state index in [9.17, 15) is 22.4 Å². The van der Waals surface area contributed by atoms with Gasteiger partial charge in [-0.25, -0.2) is 17.9 Å². The van der Waals surface area contributed by atoms with E-state index in [-0.39, 0.29) is 0 Å². The number of primary amides is 1. The Balaban J connectivity index is 2.35. The predicted octanol–water partition coefficient (Wildman–Crippen LogP) is 0.001000. The van der Waals surface area contributed by atoms with Crippen LogP contribution in [0.2, 0.25) is 0 Å². The van der Waals surface area contributed by atoms with Crippen LogP contribution in [-0.4, -0.2) is 25.8 Å². The smallest absolute Gasteiger partial charge is 0.255 e. The normalized spacial score (nSPS) is 17.2. The highest BCUT2D eigenvalue weighted by molar-refractivity contribution is 7.89. The van der Waals surface area contributed by atoms with Crippen LogP contribution in [0.4, 0.5) is 4.39 Å². The number of primary sulfonamides is 1. The molecule has 0 saturated heterocycles. The average molecular weight is 329 g/mol. The fourth-order valence-electron chi connectivity index (χ4n) is 2.55. The molecule has 1 aromatic rings. The maximum Gasteiger partial charge on any atom is 0.255 e. The Labute approximate surface area is 126 Å². The van der Waals surface area contributed by atoms with Crippen LogP contribution < -0.4 is 16.2 Å². The highest BCUT2D eigenvalue weighted by atomic mass is 32.2. The minimum absolute atomic E-state index is 0.366. The minimum Gasteiger partial charge on any atom is -0.368 e. The maximum absolute atomic E-state index is 13.8. The summed E-state index contributed by atoms with van der Waals surface area (Å²) in [6.45, 7) is 0. The van der Waals surface area contributed by atoms with E-state index in [1.54, 1.807) is 0 Å². The Kier molecular flexibility index (Phi) is 4.21. The van der Waals surface area contributed by atoms with Crippen molar-refractivity contribution in [3.05, 3.63) is 29.6 Å². The number of carbonyl (C=O) groups excluding carboxylic acids is 2. The van der Waals surface area contributed by atoms with Crippen LogP contribution in [0.1, 0.15) is 36.0 Å². The Hall–Kier alpha value is -2.00. The summed E-state index contributed by atoms with van der Waals surface area (Å²) in [5.74, 6) is -2.51. The number of hydrogen-bond donors (Lipinski definition) is 3. The Morgan fingerprint density at radius 2 is 1.82 bits per heavy atom. The Bertz CT molecular complexity index is 727. The lowest BCUT2D eigenvalue weighted by molar-refractivity contribution is -0.123. The van der Waals surface area contributed by atoms with E-state index < -0.39 is 43.7 Å². The van der Waals surface area contributed by atoms with E-state index in [1.165, 1.54) is 0 Å². The van der Waals surface area contributed by atoms with Crippen LogP contribution in [0.25, 0.3) is 0 Å². The fourth-order valence-corrected chi connectivity index (χ4v) is 3.09. The molecule has 0 unspecified atom stereocenters. The molecule has 9 heteroatoms. The molecule has 1 aliphatic carbocycles. The van der Waals surface area contributed by atoms with E-state index in [0.29, 0.717) is 25.7 Å². The molecule has 0 atom stereocenters. The third kappa shape index (κ3) is 3.09. The Morgan fingerprint density at radius 1 is 1.23 bits per heavy atom. The van der Waals surface area contributed by atoms with E-state index in [4.69, 9.17) is 10.9 Å². The van der Waals surface area contributed by atoms with Gasteiger partial charge in [-0.05, 0) is 31.0 Å². The number of nitrogens with one attached hydrogen (secondary N) is 1. The van der Waals surface area contributed by atoms with Gasteiger partial charge in [0.2, 0.25) is 15.9 Å². The van der Waals surface area contributed by atoms with E-state index in [1.807, 2.05) is 0 Å². The number of amides is 2. The number of benzene rings is 1. The van der Waals surface area contributed by atoms with Crippen LogP contribution in [0, 0.1) is 5.82 Å². The van der Waals surface area contributed by atoms with Crippen molar-refractivity contribution < 1.29 is 22.4 Å². The van der Waals surface area contributed by atoms with Crippen LogP contribution in [0.15, 0.2) is 23.1 Å². The highest BCUT2D eigenvalue weighted by Crippen LogP contribution is 2.30. The first-order valence-corrected chi connectivity index (χ1v) is 8.15. The zero-order chi connectivity index (χ0) is 16.5. The number of rotatable bonds is 4. The highest BCUT2D eigenvalue weighted by Gasteiger charge is 2.41. The largest absolute Gasteiger partial charge is 0.368 e. The van der Waals surface area contributed by atoms with Gasteiger partial charge in [0.05, 0.1) is 10.5 Å². The standard InChI is InChI=1S/C13H16FN3O4S/c14-10-4-3-8(22(16,20)21)7-9(10)11(18)17-13(12(15)19)5-1-2-6-13/h3-4,7H,1-2,5-6H2,(H2,15,19)(H,17,18)(H2,16,20,21). The second kappa shape index (κ2) is 5.65. The van der Waals surface area contributed by atoms with Crippen LogP contribution in [-0.2, 0) is 14.8 Å². The number of nitrogens with two attached hydrogens (primary N) is 2. The number of sulfonamides is 1.